The standard InChI is InChI=1S/C13H18FN/c1-9-3-4-12(14)11(7-9)13-8-10(2)5-6-15-13/h3-4,7,10,13,15H,5-6,8H2,1-2H3. The fourth-order valence-electron chi connectivity index (χ4n) is 2.27. The summed E-state index contributed by atoms with van der Waals surface area (Å²) >= 11 is 0. The molecule has 0 bridgehead atoms. The summed E-state index contributed by atoms with van der Waals surface area (Å²) in [5, 5.41) is 3.39. The van der Waals surface area contributed by atoms with Crippen molar-refractivity contribution in [2.75, 3.05) is 6.54 Å². The molecule has 2 atom stereocenters. The quantitative estimate of drug-likeness (QED) is 0.745. The second-order valence-corrected chi connectivity index (χ2v) is 4.66. The van der Waals surface area contributed by atoms with Gasteiger partial charge >= 0.3 is 0 Å². The third kappa shape index (κ3) is 2.37. The van der Waals surface area contributed by atoms with Crippen LogP contribution in [0.15, 0.2) is 18.2 Å². The van der Waals surface area contributed by atoms with Crippen LogP contribution in [0.4, 0.5) is 4.39 Å². The van der Waals surface area contributed by atoms with E-state index in [1.165, 1.54) is 6.42 Å². The number of benzene rings is 1. The van der Waals surface area contributed by atoms with Crippen LogP contribution in [0, 0.1) is 18.7 Å². The number of hydrogen-bond acceptors (Lipinski definition) is 1. The van der Waals surface area contributed by atoms with Crippen LogP contribution in [0.3, 0.4) is 0 Å². The highest BCUT2D eigenvalue weighted by Crippen LogP contribution is 2.28. The Morgan fingerprint density at radius 2 is 2.20 bits per heavy atom. The highest BCUT2D eigenvalue weighted by Gasteiger charge is 2.21. The predicted octanol–water partition coefficient (Wildman–Crippen LogP) is 3.19. The lowest BCUT2D eigenvalue weighted by atomic mass is 9.89. The Labute approximate surface area is 90.7 Å². The van der Waals surface area contributed by atoms with Crippen molar-refractivity contribution in [3.63, 3.8) is 0 Å². The zero-order valence-electron chi connectivity index (χ0n) is 9.39. The molecule has 1 fully saturated rings. The lowest BCUT2D eigenvalue weighted by Crippen LogP contribution is -2.31. The Balaban J connectivity index is 2.24. The second kappa shape index (κ2) is 4.31. The summed E-state index contributed by atoms with van der Waals surface area (Å²) in [4.78, 5) is 0. The summed E-state index contributed by atoms with van der Waals surface area (Å²) in [5.41, 5.74) is 1.97. The molecule has 2 unspecified atom stereocenters. The minimum Gasteiger partial charge on any atom is -0.310 e. The zero-order valence-corrected chi connectivity index (χ0v) is 9.39. The summed E-state index contributed by atoms with van der Waals surface area (Å²) in [7, 11) is 0. The van der Waals surface area contributed by atoms with Gasteiger partial charge in [-0.3, -0.25) is 0 Å². The largest absolute Gasteiger partial charge is 0.310 e. The van der Waals surface area contributed by atoms with E-state index in [0.29, 0.717) is 5.92 Å². The van der Waals surface area contributed by atoms with Gasteiger partial charge in [0.15, 0.2) is 0 Å². The van der Waals surface area contributed by atoms with Gasteiger partial charge in [-0.15, -0.1) is 0 Å². The maximum absolute atomic E-state index is 13.6. The molecule has 0 amide bonds. The Hall–Kier alpha value is -0.890. The third-order valence-corrected chi connectivity index (χ3v) is 3.19. The van der Waals surface area contributed by atoms with Gasteiger partial charge in [0.2, 0.25) is 0 Å². The number of aryl methyl sites for hydroxylation is 1. The van der Waals surface area contributed by atoms with Crippen molar-refractivity contribution in [1.29, 1.82) is 0 Å². The van der Waals surface area contributed by atoms with Gasteiger partial charge in [0.05, 0.1) is 0 Å². The third-order valence-electron chi connectivity index (χ3n) is 3.19. The summed E-state index contributed by atoms with van der Waals surface area (Å²) in [6.07, 6.45) is 2.24. The first-order valence-electron chi connectivity index (χ1n) is 5.66. The van der Waals surface area contributed by atoms with E-state index in [1.807, 2.05) is 19.1 Å². The molecule has 15 heavy (non-hydrogen) atoms. The van der Waals surface area contributed by atoms with Crippen molar-refractivity contribution >= 4 is 0 Å². The van der Waals surface area contributed by atoms with Crippen LogP contribution < -0.4 is 5.32 Å². The van der Waals surface area contributed by atoms with Crippen LogP contribution in [-0.4, -0.2) is 6.54 Å². The van der Waals surface area contributed by atoms with Gasteiger partial charge in [-0.25, -0.2) is 4.39 Å². The molecule has 0 spiro atoms. The van der Waals surface area contributed by atoms with Crippen LogP contribution in [-0.2, 0) is 0 Å². The number of nitrogens with one attached hydrogen (secondary N) is 1. The highest BCUT2D eigenvalue weighted by atomic mass is 19.1. The minimum atomic E-state index is -0.0767. The molecular formula is C13H18FN. The maximum Gasteiger partial charge on any atom is 0.127 e. The number of hydrogen-bond donors (Lipinski definition) is 1. The van der Waals surface area contributed by atoms with Crippen LogP contribution in [0.5, 0.6) is 0 Å². The van der Waals surface area contributed by atoms with E-state index < -0.39 is 0 Å². The number of rotatable bonds is 1. The molecule has 2 rings (SSSR count). The fourth-order valence-corrected chi connectivity index (χ4v) is 2.27. The molecule has 1 saturated heterocycles. The molecule has 1 aromatic carbocycles. The van der Waals surface area contributed by atoms with E-state index in [-0.39, 0.29) is 11.9 Å². The van der Waals surface area contributed by atoms with Crippen LogP contribution >= 0.6 is 0 Å². The van der Waals surface area contributed by atoms with Gasteiger partial charge < -0.3 is 5.32 Å². The van der Waals surface area contributed by atoms with Crippen LogP contribution in [0.1, 0.15) is 36.9 Å². The van der Waals surface area contributed by atoms with E-state index in [0.717, 1.165) is 24.1 Å². The summed E-state index contributed by atoms with van der Waals surface area (Å²) < 4.78 is 13.6. The smallest absolute Gasteiger partial charge is 0.127 e. The van der Waals surface area contributed by atoms with Crippen LogP contribution in [0.2, 0.25) is 0 Å². The van der Waals surface area contributed by atoms with E-state index in [2.05, 4.69) is 12.2 Å². The molecule has 2 heteroatoms. The van der Waals surface area contributed by atoms with Gasteiger partial charge in [-0.2, -0.15) is 0 Å². The van der Waals surface area contributed by atoms with Crippen molar-refractivity contribution in [2.45, 2.75) is 32.7 Å². The van der Waals surface area contributed by atoms with Crippen molar-refractivity contribution in [3.8, 4) is 0 Å². The monoisotopic (exact) mass is 207 g/mol. The molecule has 1 aromatic rings. The molecule has 1 nitrogen and oxygen atoms in total. The van der Waals surface area contributed by atoms with Crippen LogP contribution in [0.25, 0.3) is 0 Å². The van der Waals surface area contributed by atoms with E-state index in [9.17, 15) is 4.39 Å². The SMILES string of the molecule is Cc1ccc(F)c(C2CC(C)CCN2)c1. The van der Waals surface area contributed by atoms with Crippen molar-refractivity contribution in [3.05, 3.63) is 35.1 Å². The molecule has 1 aliphatic heterocycles. The molecule has 0 aromatic heterocycles. The van der Waals surface area contributed by atoms with Gasteiger partial charge in [-0.1, -0.05) is 24.6 Å². The Morgan fingerprint density at radius 1 is 1.40 bits per heavy atom. The number of halogens is 1. The average Bonchev–Trinajstić information content (AvgIpc) is 2.22. The van der Waals surface area contributed by atoms with E-state index in [4.69, 9.17) is 0 Å². The van der Waals surface area contributed by atoms with Gasteiger partial charge in [-0.05, 0) is 38.3 Å². The first kappa shape index (κ1) is 10.6. The molecule has 1 aliphatic rings. The first-order chi connectivity index (χ1) is 7.16. The van der Waals surface area contributed by atoms with E-state index in [1.54, 1.807) is 6.07 Å². The normalized spacial score (nSPS) is 26.6. The summed E-state index contributed by atoms with van der Waals surface area (Å²) in [6, 6.07) is 5.57. The van der Waals surface area contributed by atoms with Gasteiger partial charge in [0.25, 0.3) is 0 Å². The second-order valence-electron chi connectivity index (χ2n) is 4.66. The highest BCUT2D eigenvalue weighted by molar-refractivity contribution is 5.27. The molecule has 0 radical (unpaired) electrons. The van der Waals surface area contributed by atoms with Gasteiger partial charge in [0.1, 0.15) is 5.82 Å². The fraction of sp³-hybridized carbons (Fsp3) is 0.538. The average molecular weight is 207 g/mol. The summed E-state index contributed by atoms with van der Waals surface area (Å²) in [6.45, 7) is 5.25. The maximum atomic E-state index is 13.6. The minimum absolute atomic E-state index is 0.0767. The molecule has 82 valence electrons. The zero-order chi connectivity index (χ0) is 10.8. The Kier molecular flexibility index (Phi) is 3.06. The Morgan fingerprint density at radius 3 is 2.93 bits per heavy atom. The lowest BCUT2D eigenvalue weighted by Gasteiger charge is -2.28. The molecular weight excluding hydrogens is 189 g/mol. The van der Waals surface area contributed by atoms with Gasteiger partial charge in [0, 0.05) is 11.6 Å². The molecule has 1 heterocycles. The topological polar surface area (TPSA) is 12.0 Å². The van der Waals surface area contributed by atoms with Crippen molar-refractivity contribution in [1.82, 2.24) is 5.32 Å². The first-order valence-corrected chi connectivity index (χ1v) is 5.66. The molecule has 0 aliphatic carbocycles. The van der Waals surface area contributed by atoms with Crippen molar-refractivity contribution in [2.24, 2.45) is 5.92 Å². The molecule has 1 N–H and O–H groups in total. The van der Waals surface area contributed by atoms with E-state index >= 15 is 0 Å². The molecule has 0 saturated carbocycles. The predicted molar refractivity (Wildman–Crippen MR) is 60.3 cm³/mol. The summed E-state index contributed by atoms with van der Waals surface area (Å²) in [5.74, 6) is 0.614. The number of piperidine rings is 1. The van der Waals surface area contributed by atoms with Crippen molar-refractivity contribution < 1.29 is 4.39 Å². The Bertz CT molecular complexity index is 348. The lowest BCUT2D eigenvalue weighted by molar-refractivity contribution is 0.319.